The quantitative estimate of drug-likeness (QED) is 0.217. The molecule has 0 bridgehead atoms. The Balaban J connectivity index is 1.39. The largest absolute Gasteiger partial charge is 0.454 e. The molecule has 0 saturated heterocycles. The number of benzene rings is 6. The van der Waals surface area contributed by atoms with Crippen molar-refractivity contribution in [1.82, 2.24) is 4.57 Å². The first kappa shape index (κ1) is 22.7. The second-order valence-corrected chi connectivity index (χ2v) is 11.5. The standard InChI is InChI=1S/C38H23NOS/c1-2-12-24(13-3-1)39-32-21-8-6-17-31(32)37-36(39)35-28(18-11-22-33(35)40-37)25-14-4-5-15-26(25)29-19-10-20-30-27-16-7-9-23-34(27)41-38(29)30/h1-23H. The first-order chi connectivity index (χ1) is 20.4. The van der Waals surface area contributed by atoms with Gasteiger partial charge < -0.3 is 8.98 Å². The summed E-state index contributed by atoms with van der Waals surface area (Å²) in [5, 5.41) is 4.89. The highest BCUT2D eigenvalue weighted by atomic mass is 32.1. The van der Waals surface area contributed by atoms with Crippen LogP contribution in [0.5, 0.6) is 0 Å². The van der Waals surface area contributed by atoms with Crippen LogP contribution in [-0.4, -0.2) is 4.57 Å². The summed E-state index contributed by atoms with van der Waals surface area (Å²) in [7, 11) is 0. The Morgan fingerprint density at radius 3 is 2.00 bits per heavy atom. The maximum absolute atomic E-state index is 6.67. The van der Waals surface area contributed by atoms with Crippen LogP contribution in [0.1, 0.15) is 0 Å². The third-order valence-corrected chi connectivity index (χ3v) is 9.45. The van der Waals surface area contributed by atoms with Gasteiger partial charge in [0, 0.05) is 36.8 Å². The van der Waals surface area contributed by atoms with Crippen molar-refractivity contribution < 1.29 is 4.42 Å². The molecule has 0 unspecified atom stereocenters. The van der Waals surface area contributed by atoms with Crippen LogP contribution in [0, 0.1) is 0 Å². The minimum absolute atomic E-state index is 0.901. The minimum Gasteiger partial charge on any atom is -0.454 e. The SMILES string of the molecule is c1ccc(-n2c3ccccc3c3oc4cccc(-c5ccccc5-c5cccc6c5sc5ccccc56)c4c32)cc1. The molecule has 0 amide bonds. The van der Waals surface area contributed by atoms with Gasteiger partial charge >= 0.3 is 0 Å². The van der Waals surface area contributed by atoms with Crippen molar-refractivity contribution in [3.63, 3.8) is 0 Å². The smallest absolute Gasteiger partial charge is 0.161 e. The molecule has 0 aliphatic rings. The summed E-state index contributed by atoms with van der Waals surface area (Å²) in [6, 6.07) is 49.8. The van der Waals surface area contributed by atoms with E-state index in [0.717, 1.165) is 38.7 Å². The molecule has 0 atom stereocenters. The molecule has 0 aliphatic heterocycles. The Bertz CT molecular complexity index is 2420. The van der Waals surface area contributed by atoms with Crippen LogP contribution in [0.2, 0.25) is 0 Å². The molecule has 3 aromatic heterocycles. The number of aromatic nitrogens is 1. The van der Waals surface area contributed by atoms with Gasteiger partial charge in [-0.15, -0.1) is 11.3 Å². The van der Waals surface area contributed by atoms with Gasteiger partial charge in [-0.2, -0.15) is 0 Å². The van der Waals surface area contributed by atoms with Crippen molar-refractivity contribution in [2.75, 3.05) is 0 Å². The molecule has 3 heteroatoms. The zero-order chi connectivity index (χ0) is 26.9. The van der Waals surface area contributed by atoms with Crippen LogP contribution in [0.4, 0.5) is 0 Å². The maximum atomic E-state index is 6.67. The van der Waals surface area contributed by atoms with Crippen molar-refractivity contribution in [3.8, 4) is 27.9 Å². The van der Waals surface area contributed by atoms with Crippen LogP contribution in [0.15, 0.2) is 144 Å². The lowest BCUT2D eigenvalue weighted by atomic mass is 9.92. The number of furan rings is 1. The zero-order valence-corrected chi connectivity index (χ0v) is 22.9. The van der Waals surface area contributed by atoms with E-state index in [9.17, 15) is 0 Å². The summed E-state index contributed by atoms with van der Waals surface area (Å²) in [6.45, 7) is 0. The average Bonchev–Trinajstić information content (AvgIpc) is 3.70. The van der Waals surface area contributed by atoms with Crippen molar-refractivity contribution in [3.05, 3.63) is 140 Å². The number of rotatable bonds is 3. The maximum Gasteiger partial charge on any atom is 0.161 e. The molecule has 0 radical (unpaired) electrons. The summed E-state index contributed by atoms with van der Waals surface area (Å²) in [6.07, 6.45) is 0. The first-order valence-corrected chi connectivity index (χ1v) is 14.7. The van der Waals surface area contributed by atoms with Crippen molar-refractivity contribution in [1.29, 1.82) is 0 Å². The number of nitrogens with zero attached hydrogens (tertiary/aromatic N) is 1. The van der Waals surface area contributed by atoms with E-state index in [2.05, 4.69) is 144 Å². The summed E-state index contributed by atoms with van der Waals surface area (Å²) in [5.41, 5.74) is 10.1. The number of thiophene rings is 1. The number of para-hydroxylation sites is 2. The highest BCUT2D eigenvalue weighted by Crippen LogP contribution is 2.46. The normalized spacial score (nSPS) is 11.9. The molecule has 9 aromatic rings. The fourth-order valence-electron chi connectivity index (χ4n) is 6.49. The van der Waals surface area contributed by atoms with Gasteiger partial charge in [0.2, 0.25) is 0 Å². The third kappa shape index (κ3) is 3.24. The van der Waals surface area contributed by atoms with Crippen molar-refractivity contribution in [2.24, 2.45) is 0 Å². The lowest BCUT2D eigenvalue weighted by Gasteiger charge is -2.13. The second-order valence-electron chi connectivity index (χ2n) is 10.5. The predicted octanol–water partition coefficient (Wildman–Crippen LogP) is 11.2. The van der Waals surface area contributed by atoms with E-state index < -0.39 is 0 Å². The van der Waals surface area contributed by atoms with Gasteiger partial charge in [0.1, 0.15) is 11.1 Å². The lowest BCUT2D eigenvalue weighted by molar-refractivity contribution is 0.673. The number of hydrogen-bond donors (Lipinski definition) is 0. The lowest BCUT2D eigenvalue weighted by Crippen LogP contribution is -1.94. The van der Waals surface area contributed by atoms with Crippen molar-refractivity contribution >= 4 is 64.5 Å². The van der Waals surface area contributed by atoms with E-state index in [0.29, 0.717) is 0 Å². The molecule has 9 rings (SSSR count). The molecule has 192 valence electrons. The molecule has 0 N–H and O–H groups in total. The van der Waals surface area contributed by atoms with Gasteiger partial charge in [-0.3, -0.25) is 0 Å². The number of fused-ring (bicyclic) bond motifs is 8. The summed E-state index contributed by atoms with van der Waals surface area (Å²) in [4.78, 5) is 0. The molecule has 0 saturated carbocycles. The van der Waals surface area contributed by atoms with Gasteiger partial charge in [-0.1, -0.05) is 103 Å². The fraction of sp³-hybridized carbons (Fsp3) is 0. The van der Waals surface area contributed by atoms with Crippen LogP contribution in [-0.2, 0) is 0 Å². The Morgan fingerprint density at radius 1 is 0.488 bits per heavy atom. The molecule has 0 fully saturated rings. The molecule has 0 spiro atoms. The van der Waals surface area contributed by atoms with E-state index in [1.807, 2.05) is 11.3 Å². The highest BCUT2D eigenvalue weighted by molar-refractivity contribution is 7.26. The molecule has 3 heterocycles. The van der Waals surface area contributed by atoms with Gasteiger partial charge in [0.25, 0.3) is 0 Å². The topological polar surface area (TPSA) is 18.1 Å². The van der Waals surface area contributed by atoms with Gasteiger partial charge in [0.15, 0.2) is 5.58 Å². The summed E-state index contributed by atoms with van der Waals surface area (Å²) >= 11 is 1.87. The van der Waals surface area contributed by atoms with Crippen LogP contribution in [0.25, 0.3) is 81.1 Å². The molecular weight excluding hydrogens is 518 g/mol. The van der Waals surface area contributed by atoms with Crippen LogP contribution in [0.3, 0.4) is 0 Å². The first-order valence-electron chi connectivity index (χ1n) is 13.9. The second kappa shape index (κ2) is 8.69. The van der Waals surface area contributed by atoms with E-state index in [4.69, 9.17) is 4.42 Å². The van der Waals surface area contributed by atoms with Gasteiger partial charge in [-0.25, -0.2) is 0 Å². The minimum atomic E-state index is 0.901. The monoisotopic (exact) mass is 541 g/mol. The molecule has 2 nitrogen and oxygen atoms in total. The molecule has 6 aromatic carbocycles. The van der Waals surface area contributed by atoms with Crippen LogP contribution < -0.4 is 0 Å². The summed E-state index contributed by atoms with van der Waals surface area (Å²) < 4.78 is 11.7. The Kier molecular flexibility index (Phi) is 4.80. The van der Waals surface area contributed by atoms with E-state index in [1.54, 1.807) is 0 Å². The van der Waals surface area contributed by atoms with Crippen LogP contribution >= 0.6 is 11.3 Å². The number of hydrogen-bond acceptors (Lipinski definition) is 2. The Hall–Kier alpha value is -5.12. The van der Waals surface area contributed by atoms with E-state index >= 15 is 0 Å². The molecule has 41 heavy (non-hydrogen) atoms. The Labute approximate surface area is 240 Å². The van der Waals surface area contributed by atoms with Crippen molar-refractivity contribution in [2.45, 2.75) is 0 Å². The summed E-state index contributed by atoms with van der Waals surface area (Å²) in [5.74, 6) is 0. The average molecular weight is 542 g/mol. The fourth-order valence-corrected chi connectivity index (χ4v) is 7.72. The third-order valence-electron chi connectivity index (χ3n) is 8.23. The van der Waals surface area contributed by atoms with E-state index in [-0.39, 0.29) is 0 Å². The van der Waals surface area contributed by atoms with Gasteiger partial charge in [0.05, 0.1) is 10.9 Å². The van der Waals surface area contributed by atoms with E-state index in [1.165, 1.54) is 42.4 Å². The molecular formula is C38H23NOS. The zero-order valence-electron chi connectivity index (χ0n) is 22.0. The Morgan fingerprint density at radius 2 is 1.12 bits per heavy atom. The highest BCUT2D eigenvalue weighted by Gasteiger charge is 2.23. The van der Waals surface area contributed by atoms with Gasteiger partial charge in [-0.05, 0) is 53.1 Å². The molecule has 0 aliphatic carbocycles. The predicted molar refractivity (Wildman–Crippen MR) is 174 cm³/mol.